The van der Waals surface area contributed by atoms with Crippen LogP contribution in [0.1, 0.15) is 5.69 Å². The van der Waals surface area contributed by atoms with Gasteiger partial charge in [0.15, 0.2) is 17.4 Å². The summed E-state index contributed by atoms with van der Waals surface area (Å²) < 4.78 is 31.9. The molecule has 0 atom stereocenters. The van der Waals surface area contributed by atoms with E-state index in [2.05, 4.69) is 15.4 Å². The van der Waals surface area contributed by atoms with Crippen LogP contribution in [0, 0.1) is 21.7 Å². The number of nitro benzene ring substituents is 1. The Morgan fingerprint density at radius 1 is 1.29 bits per heavy atom. The molecule has 2 rings (SSSR count). The molecule has 0 saturated carbocycles. The van der Waals surface area contributed by atoms with Gasteiger partial charge in [-0.3, -0.25) is 15.1 Å². The van der Waals surface area contributed by atoms with Crippen molar-refractivity contribution in [1.82, 2.24) is 9.97 Å². The van der Waals surface area contributed by atoms with Crippen LogP contribution in [0.25, 0.3) is 0 Å². The number of nitro groups is 1. The van der Waals surface area contributed by atoms with Crippen LogP contribution < -0.4 is 16.0 Å². The summed E-state index contributed by atoms with van der Waals surface area (Å²) in [7, 11) is 0. The van der Waals surface area contributed by atoms with Crippen molar-refractivity contribution >= 4 is 11.5 Å². The number of nitrogens with zero attached hydrogens (tertiary/aromatic N) is 3. The minimum absolute atomic E-state index is 0.188. The molecule has 10 heteroatoms. The number of anilines is 1. The maximum atomic E-state index is 13.6. The number of nitrogens with one attached hydrogen (secondary N) is 1. The number of hydrazine groups is 1. The summed E-state index contributed by atoms with van der Waals surface area (Å²) in [5.74, 6) is 2.74. The molecule has 3 N–H and O–H groups in total. The van der Waals surface area contributed by atoms with Gasteiger partial charge in [0.2, 0.25) is 5.82 Å². The van der Waals surface area contributed by atoms with Gasteiger partial charge in [0.25, 0.3) is 0 Å². The predicted molar refractivity (Wildman–Crippen MR) is 67.2 cm³/mol. The lowest BCUT2D eigenvalue weighted by Gasteiger charge is -2.07. The maximum absolute atomic E-state index is 13.6. The zero-order chi connectivity index (χ0) is 15.4. The Hall–Kier alpha value is -2.88. The summed E-state index contributed by atoms with van der Waals surface area (Å²) in [5, 5.41) is 10.4. The molecule has 0 saturated heterocycles. The van der Waals surface area contributed by atoms with Gasteiger partial charge in [-0.05, 0) is 0 Å². The van der Waals surface area contributed by atoms with Gasteiger partial charge < -0.3 is 10.2 Å². The Bertz CT molecular complexity index is 666. The SMILES string of the molecule is NNc1cnc(COc2cc(F)c([N+](=O)[O-])cc2F)cn1. The minimum Gasteiger partial charge on any atom is -0.484 e. The normalized spacial score (nSPS) is 10.2. The summed E-state index contributed by atoms with van der Waals surface area (Å²) >= 11 is 0. The third kappa shape index (κ3) is 3.36. The molecule has 0 unspecified atom stereocenters. The zero-order valence-electron chi connectivity index (χ0n) is 10.4. The molecular weight excluding hydrogens is 288 g/mol. The van der Waals surface area contributed by atoms with E-state index in [1.165, 1.54) is 12.4 Å². The summed E-state index contributed by atoms with van der Waals surface area (Å²) in [6, 6.07) is 1.06. The third-order valence-electron chi connectivity index (χ3n) is 2.43. The van der Waals surface area contributed by atoms with E-state index in [0.29, 0.717) is 23.6 Å². The monoisotopic (exact) mass is 297 g/mol. The van der Waals surface area contributed by atoms with Crippen molar-refractivity contribution < 1.29 is 18.4 Å². The van der Waals surface area contributed by atoms with Gasteiger partial charge in [-0.25, -0.2) is 15.2 Å². The lowest BCUT2D eigenvalue weighted by atomic mass is 10.3. The molecule has 21 heavy (non-hydrogen) atoms. The molecule has 0 bridgehead atoms. The zero-order valence-corrected chi connectivity index (χ0v) is 10.4. The van der Waals surface area contributed by atoms with Crippen molar-refractivity contribution in [3.63, 3.8) is 0 Å². The van der Waals surface area contributed by atoms with Gasteiger partial charge in [0.1, 0.15) is 6.61 Å². The highest BCUT2D eigenvalue weighted by molar-refractivity contribution is 5.39. The van der Waals surface area contributed by atoms with Crippen LogP contribution in [0.5, 0.6) is 5.75 Å². The van der Waals surface area contributed by atoms with Crippen LogP contribution in [0.4, 0.5) is 20.3 Å². The molecule has 1 aromatic carbocycles. The molecule has 0 aliphatic heterocycles. The first-order valence-electron chi connectivity index (χ1n) is 5.55. The second-order valence-corrected chi connectivity index (χ2v) is 3.82. The van der Waals surface area contributed by atoms with Crippen molar-refractivity contribution in [2.45, 2.75) is 6.61 Å². The quantitative estimate of drug-likeness (QED) is 0.488. The Balaban J connectivity index is 2.12. The molecule has 0 aliphatic carbocycles. The summed E-state index contributed by atoms with van der Waals surface area (Å²) in [6.07, 6.45) is 2.65. The minimum atomic E-state index is -1.19. The molecular formula is C11H9F2N5O3. The van der Waals surface area contributed by atoms with E-state index in [1.807, 2.05) is 0 Å². The highest BCUT2D eigenvalue weighted by atomic mass is 19.1. The number of hydrogen-bond acceptors (Lipinski definition) is 7. The van der Waals surface area contributed by atoms with Gasteiger partial charge in [-0.15, -0.1) is 0 Å². The van der Waals surface area contributed by atoms with Crippen LogP contribution in [0.2, 0.25) is 0 Å². The first-order valence-corrected chi connectivity index (χ1v) is 5.55. The second-order valence-electron chi connectivity index (χ2n) is 3.82. The molecule has 2 aromatic rings. The number of halogens is 2. The van der Waals surface area contributed by atoms with E-state index in [4.69, 9.17) is 10.6 Å². The highest BCUT2D eigenvalue weighted by Gasteiger charge is 2.19. The topological polar surface area (TPSA) is 116 Å². The standard InChI is InChI=1S/C11H9F2N5O3/c12-7-2-10(8(13)1-9(7)18(19)20)21-5-6-3-16-11(17-14)4-15-6/h1-4H,5,14H2,(H,16,17). The van der Waals surface area contributed by atoms with Crippen LogP contribution in [0.15, 0.2) is 24.5 Å². The van der Waals surface area contributed by atoms with Gasteiger partial charge in [0, 0.05) is 6.07 Å². The average Bonchev–Trinajstić information content (AvgIpc) is 2.48. The number of ether oxygens (including phenoxy) is 1. The predicted octanol–water partition coefficient (Wildman–Crippen LogP) is 1.53. The van der Waals surface area contributed by atoms with Gasteiger partial charge in [-0.1, -0.05) is 0 Å². The number of benzene rings is 1. The van der Waals surface area contributed by atoms with Crippen LogP contribution in [-0.2, 0) is 6.61 Å². The smallest absolute Gasteiger partial charge is 0.307 e. The first kappa shape index (κ1) is 14.5. The molecule has 110 valence electrons. The summed E-state index contributed by atoms with van der Waals surface area (Å²) in [5.41, 5.74) is 1.65. The molecule has 0 spiro atoms. The van der Waals surface area contributed by atoms with Crippen molar-refractivity contribution in [3.8, 4) is 5.75 Å². The summed E-state index contributed by atoms with van der Waals surface area (Å²) in [6.45, 7) is -0.188. The largest absolute Gasteiger partial charge is 0.484 e. The lowest BCUT2D eigenvalue weighted by Crippen LogP contribution is -2.09. The second kappa shape index (κ2) is 6.05. The Labute approximate surface area is 116 Å². The molecule has 0 aliphatic rings. The average molecular weight is 297 g/mol. The molecule has 1 aromatic heterocycles. The molecule has 0 radical (unpaired) electrons. The van der Waals surface area contributed by atoms with Crippen molar-refractivity contribution in [2.75, 3.05) is 5.43 Å². The molecule has 0 amide bonds. The van der Waals surface area contributed by atoms with Crippen LogP contribution in [0.3, 0.4) is 0 Å². The van der Waals surface area contributed by atoms with Crippen LogP contribution in [-0.4, -0.2) is 14.9 Å². The third-order valence-corrected chi connectivity index (χ3v) is 2.43. The van der Waals surface area contributed by atoms with Gasteiger partial charge in [0.05, 0.1) is 29.1 Å². The molecule has 8 nitrogen and oxygen atoms in total. The van der Waals surface area contributed by atoms with E-state index < -0.39 is 28.0 Å². The number of nitrogen functional groups attached to an aromatic ring is 1. The fourth-order valence-corrected chi connectivity index (χ4v) is 1.42. The first-order chi connectivity index (χ1) is 10.0. The van der Waals surface area contributed by atoms with Crippen molar-refractivity contribution in [2.24, 2.45) is 5.84 Å². The van der Waals surface area contributed by atoms with Crippen molar-refractivity contribution in [3.05, 3.63) is 52.0 Å². The maximum Gasteiger partial charge on any atom is 0.307 e. The summed E-state index contributed by atoms with van der Waals surface area (Å²) in [4.78, 5) is 17.2. The number of rotatable bonds is 5. The van der Waals surface area contributed by atoms with Crippen LogP contribution >= 0.6 is 0 Å². The lowest BCUT2D eigenvalue weighted by molar-refractivity contribution is -0.387. The van der Waals surface area contributed by atoms with Gasteiger partial charge >= 0.3 is 5.69 Å². The fourth-order valence-electron chi connectivity index (χ4n) is 1.42. The fraction of sp³-hybridized carbons (Fsp3) is 0.0909. The number of nitrogens with two attached hydrogens (primary N) is 1. The van der Waals surface area contributed by atoms with Gasteiger partial charge in [-0.2, -0.15) is 4.39 Å². The van der Waals surface area contributed by atoms with Crippen molar-refractivity contribution in [1.29, 1.82) is 0 Å². The van der Waals surface area contributed by atoms with E-state index in [0.717, 1.165) is 0 Å². The molecule has 1 heterocycles. The van der Waals surface area contributed by atoms with E-state index in [-0.39, 0.29) is 6.61 Å². The van der Waals surface area contributed by atoms with E-state index in [1.54, 1.807) is 0 Å². The number of hydrogen-bond donors (Lipinski definition) is 2. The highest BCUT2D eigenvalue weighted by Crippen LogP contribution is 2.26. The number of aromatic nitrogens is 2. The Kier molecular flexibility index (Phi) is 4.18. The van der Waals surface area contributed by atoms with E-state index in [9.17, 15) is 18.9 Å². The molecule has 0 fully saturated rings. The Morgan fingerprint density at radius 2 is 2.05 bits per heavy atom. The van der Waals surface area contributed by atoms with E-state index >= 15 is 0 Å². The Morgan fingerprint density at radius 3 is 2.62 bits per heavy atom.